The van der Waals surface area contributed by atoms with Crippen LogP contribution in [0.2, 0.25) is 0 Å². The van der Waals surface area contributed by atoms with Gasteiger partial charge >= 0.3 is 0 Å². The first-order chi connectivity index (χ1) is 7.81. The summed E-state index contributed by atoms with van der Waals surface area (Å²) >= 11 is 0. The Balaban J connectivity index is 2.67. The number of rotatable bonds is 7. The van der Waals surface area contributed by atoms with E-state index in [1.165, 1.54) is 31.2 Å². The molecule has 1 unspecified atom stereocenters. The summed E-state index contributed by atoms with van der Waals surface area (Å²) in [7, 11) is 0. The van der Waals surface area contributed by atoms with Crippen LogP contribution in [0.15, 0.2) is 30.3 Å². The number of hydrogen-bond acceptors (Lipinski definition) is 1. The second kappa shape index (κ2) is 7.45. The van der Waals surface area contributed by atoms with Crippen molar-refractivity contribution >= 4 is 0 Å². The molecule has 0 saturated carbocycles. The van der Waals surface area contributed by atoms with E-state index in [1.807, 2.05) is 0 Å². The molecule has 0 heterocycles. The average molecular weight is 219 g/mol. The summed E-state index contributed by atoms with van der Waals surface area (Å²) in [6, 6.07) is 12.0. The van der Waals surface area contributed by atoms with Gasteiger partial charge in [-0.2, -0.15) is 0 Å². The summed E-state index contributed by atoms with van der Waals surface area (Å²) in [5, 5.41) is 3.77. The van der Waals surface area contributed by atoms with Gasteiger partial charge in [-0.3, -0.25) is 0 Å². The molecule has 0 aliphatic carbocycles. The summed E-state index contributed by atoms with van der Waals surface area (Å²) < 4.78 is 0. The van der Waals surface area contributed by atoms with Crippen molar-refractivity contribution in [3.05, 3.63) is 35.9 Å². The third-order valence-corrected chi connectivity index (χ3v) is 3.20. The molecule has 1 aromatic rings. The van der Waals surface area contributed by atoms with Gasteiger partial charge in [0.25, 0.3) is 0 Å². The summed E-state index contributed by atoms with van der Waals surface area (Å²) in [5.74, 6) is 0. The molecule has 1 atom stereocenters. The third kappa shape index (κ3) is 3.97. The van der Waals surface area contributed by atoms with Crippen LogP contribution in [-0.4, -0.2) is 6.04 Å². The van der Waals surface area contributed by atoms with Crippen molar-refractivity contribution in [3.63, 3.8) is 0 Å². The topological polar surface area (TPSA) is 12.0 Å². The fourth-order valence-electron chi connectivity index (χ4n) is 2.13. The van der Waals surface area contributed by atoms with E-state index in [1.54, 1.807) is 0 Å². The van der Waals surface area contributed by atoms with Gasteiger partial charge in [-0.25, -0.2) is 0 Å². The second-order valence-electron chi connectivity index (χ2n) is 4.43. The van der Waals surface area contributed by atoms with Crippen molar-refractivity contribution in [2.45, 2.75) is 58.5 Å². The Morgan fingerprint density at radius 1 is 1.00 bits per heavy atom. The minimum atomic E-state index is 0.524. The molecule has 0 fully saturated rings. The third-order valence-electron chi connectivity index (χ3n) is 3.20. The number of benzene rings is 1. The van der Waals surface area contributed by atoms with E-state index in [-0.39, 0.29) is 0 Å². The molecule has 0 aliphatic rings. The van der Waals surface area contributed by atoms with Crippen molar-refractivity contribution in [1.29, 1.82) is 0 Å². The van der Waals surface area contributed by atoms with Crippen LogP contribution >= 0.6 is 0 Å². The van der Waals surface area contributed by atoms with Crippen LogP contribution in [0, 0.1) is 0 Å². The Bertz CT molecular complexity index is 264. The first-order valence-electron chi connectivity index (χ1n) is 6.62. The van der Waals surface area contributed by atoms with E-state index >= 15 is 0 Å². The van der Waals surface area contributed by atoms with Gasteiger partial charge in [-0.05, 0) is 24.8 Å². The van der Waals surface area contributed by atoms with Crippen LogP contribution in [0.4, 0.5) is 0 Å². The predicted octanol–water partition coefficient (Wildman–Crippen LogP) is 4.31. The van der Waals surface area contributed by atoms with E-state index in [0.29, 0.717) is 12.1 Å². The average Bonchev–Trinajstić information content (AvgIpc) is 2.35. The Hall–Kier alpha value is -0.820. The van der Waals surface area contributed by atoms with Gasteiger partial charge in [0.15, 0.2) is 0 Å². The fraction of sp³-hybridized carbons (Fsp3) is 0.600. The molecule has 0 amide bonds. The van der Waals surface area contributed by atoms with Crippen molar-refractivity contribution in [2.75, 3.05) is 0 Å². The fourth-order valence-corrected chi connectivity index (χ4v) is 2.13. The van der Waals surface area contributed by atoms with Crippen molar-refractivity contribution in [3.8, 4) is 0 Å². The van der Waals surface area contributed by atoms with E-state index in [9.17, 15) is 0 Å². The summed E-state index contributed by atoms with van der Waals surface area (Å²) in [4.78, 5) is 0. The van der Waals surface area contributed by atoms with Gasteiger partial charge in [0, 0.05) is 12.1 Å². The molecule has 0 saturated heterocycles. The highest BCUT2D eigenvalue weighted by molar-refractivity contribution is 5.18. The monoisotopic (exact) mass is 219 g/mol. The van der Waals surface area contributed by atoms with Gasteiger partial charge in [0.2, 0.25) is 0 Å². The first-order valence-corrected chi connectivity index (χ1v) is 6.62. The van der Waals surface area contributed by atoms with Gasteiger partial charge in [-0.15, -0.1) is 0 Å². The van der Waals surface area contributed by atoms with Crippen molar-refractivity contribution in [2.24, 2.45) is 0 Å². The van der Waals surface area contributed by atoms with E-state index in [2.05, 4.69) is 56.4 Å². The molecule has 0 spiro atoms. The maximum Gasteiger partial charge on any atom is 0.0322 e. The number of hydrogen-bond donors (Lipinski definition) is 1. The van der Waals surface area contributed by atoms with E-state index in [4.69, 9.17) is 0 Å². The minimum absolute atomic E-state index is 0.524. The van der Waals surface area contributed by atoms with Crippen molar-refractivity contribution < 1.29 is 0 Å². The zero-order chi connectivity index (χ0) is 11.8. The summed E-state index contributed by atoms with van der Waals surface area (Å²) in [6.07, 6.45) is 4.88. The molecule has 1 aromatic carbocycles. The molecule has 0 aliphatic heterocycles. The molecule has 16 heavy (non-hydrogen) atoms. The standard InChI is InChI=1S/C15H25N/c1-4-10-15(16-14(5-2)6-3)13-11-8-7-9-12-13/h7-9,11-12,14-16H,4-6,10H2,1-3H3. The van der Waals surface area contributed by atoms with Gasteiger partial charge in [0.05, 0.1) is 0 Å². The largest absolute Gasteiger partial charge is 0.307 e. The molecule has 0 radical (unpaired) electrons. The summed E-state index contributed by atoms with van der Waals surface area (Å²) in [6.45, 7) is 6.77. The molecule has 1 nitrogen and oxygen atoms in total. The molecule has 1 rings (SSSR count). The maximum absolute atomic E-state index is 3.77. The lowest BCUT2D eigenvalue weighted by Crippen LogP contribution is -2.31. The predicted molar refractivity (Wildman–Crippen MR) is 71.6 cm³/mol. The lowest BCUT2D eigenvalue weighted by molar-refractivity contribution is 0.396. The van der Waals surface area contributed by atoms with Crippen LogP contribution in [0.5, 0.6) is 0 Å². The lowest BCUT2D eigenvalue weighted by atomic mass is 10.0. The van der Waals surface area contributed by atoms with Gasteiger partial charge in [-0.1, -0.05) is 57.5 Å². The van der Waals surface area contributed by atoms with E-state index < -0.39 is 0 Å². The molecular weight excluding hydrogens is 194 g/mol. The molecule has 0 aromatic heterocycles. The van der Waals surface area contributed by atoms with E-state index in [0.717, 1.165) is 0 Å². The van der Waals surface area contributed by atoms with Crippen LogP contribution in [0.25, 0.3) is 0 Å². The lowest BCUT2D eigenvalue weighted by Gasteiger charge is -2.24. The van der Waals surface area contributed by atoms with Crippen LogP contribution in [0.3, 0.4) is 0 Å². The Labute approximate surface area is 100 Å². The maximum atomic E-state index is 3.77. The zero-order valence-corrected chi connectivity index (χ0v) is 10.9. The normalized spacial score (nSPS) is 13.0. The SMILES string of the molecule is CCCC(NC(CC)CC)c1ccccc1. The number of nitrogens with one attached hydrogen (secondary N) is 1. The molecule has 90 valence electrons. The van der Waals surface area contributed by atoms with Gasteiger partial charge in [0.1, 0.15) is 0 Å². The molecule has 0 bridgehead atoms. The van der Waals surface area contributed by atoms with Gasteiger partial charge < -0.3 is 5.32 Å². The highest BCUT2D eigenvalue weighted by Gasteiger charge is 2.13. The Morgan fingerprint density at radius 3 is 2.12 bits per heavy atom. The van der Waals surface area contributed by atoms with Crippen LogP contribution in [0.1, 0.15) is 58.1 Å². The minimum Gasteiger partial charge on any atom is -0.307 e. The molecular formula is C15H25N. The molecule has 1 N–H and O–H groups in total. The Morgan fingerprint density at radius 2 is 1.62 bits per heavy atom. The smallest absolute Gasteiger partial charge is 0.0322 e. The second-order valence-corrected chi connectivity index (χ2v) is 4.43. The molecule has 1 heteroatoms. The Kier molecular flexibility index (Phi) is 6.17. The first kappa shape index (κ1) is 13.2. The highest BCUT2D eigenvalue weighted by Crippen LogP contribution is 2.19. The van der Waals surface area contributed by atoms with Crippen molar-refractivity contribution in [1.82, 2.24) is 5.32 Å². The quantitative estimate of drug-likeness (QED) is 0.720. The highest BCUT2D eigenvalue weighted by atomic mass is 14.9. The van der Waals surface area contributed by atoms with Crippen LogP contribution < -0.4 is 5.32 Å². The zero-order valence-electron chi connectivity index (χ0n) is 10.9. The van der Waals surface area contributed by atoms with Crippen LogP contribution in [-0.2, 0) is 0 Å². The summed E-state index contributed by atoms with van der Waals surface area (Å²) in [5.41, 5.74) is 1.43.